The fourth-order valence-corrected chi connectivity index (χ4v) is 4.37. The number of hydrogen-bond donors (Lipinski definition) is 1. The third kappa shape index (κ3) is 4.34. The van der Waals surface area contributed by atoms with Crippen LogP contribution in [0, 0.1) is 5.82 Å². The molecule has 9 heteroatoms. The number of ether oxygens (including phenoxy) is 2. The maximum absolute atomic E-state index is 13.5. The van der Waals surface area contributed by atoms with Gasteiger partial charge in [-0.3, -0.25) is 9.69 Å². The molecule has 8 nitrogen and oxygen atoms in total. The average Bonchev–Trinajstić information content (AvgIpc) is 3.40. The molecule has 2 aromatic rings. The average molecular weight is 440 g/mol. The van der Waals surface area contributed by atoms with Gasteiger partial charge in [0.25, 0.3) is 0 Å². The van der Waals surface area contributed by atoms with Gasteiger partial charge in [-0.25, -0.2) is 9.18 Å². The fourth-order valence-electron chi connectivity index (χ4n) is 4.37. The predicted molar refractivity (Wildman–Crippen MR) is 115 cm³/mol. The van der Waals surface area contributed by atoms with E-state index in [0.29, 0.717) is 25.3 Å². The highest BCUT2D eigenvalue weighted by Gasteiger charge is 2.33. The Hall–Kier alpha value is -3.33. The summed E-state index contributed by atoms with van der Waals surface area (Å²) in [4.78, 5) is 30.7. The second-order valence-corrected chi connectivity index (χ2v) is 8.29. The van der Waals surface area contributed by atoms with Gasteiger partial charge in [0.2, 0.25) is 12.7 Å². The van der Waals surface area contributed by atoms with Crippen molar-refractivity contribution in [3.63, 3.8) is 0 Å². The molecule has 2 aromatic carbocycles. The van der Waals surface area contributed by atoms with E-state index in [4.69, 9.17) is 9.47 Å². The molecule has 0 spiro atoms. The van der Waals surface area contributed by atoms with Gasteiger partial charge in [-0.05, 0) is 35.9 Å². The molecule has 3 amide bonds. The Morgan fingerprint density at radius 1 is 1.06 bits per heavy atom. The van der Waals surface area contributed by atoms with E-state index < -0.39 is 0 Å². The lowest BCUT2D eigenvalue weighted by Gasteiger charge is -2.35. The normalized spacial score (nSPS) is 20.7. The lowest BCUT2D eigenvalue weighted by Crippen LogP contribution is -2.53. The molecular formula is C23H25FN4O4. The van der Waals surface area contributed by atoms with Crippen LogP contribution < -0.4 is 19.7 Å². The first-order valence-electron chi connectivity index (χ1n) is 10.8. The van der Waals surface area contributed by atoms with E-state index in [1.807, 2.05) is 18.2 Å². The number of urea groups is 1. The van der Waals surface area contributed by atoms with E-state index in [1.54, 1.807) is 17.0 Å². The Kier molecular flexibility index (Phi) is 5.57. The van der Waals surface area contributed by atoms with Crippen molar-refractivity contribution in [1.82, 2.24) is 15.1 Å². The first kappa shape index (κ1) is 20.6. The third-order valence-electron chi connectivity index (χ3n) is 6.08. The van der Waals surface area contributed by atoms with E-state index in [9.17, 15) is 14.0 Å². The van der Waals surface area contributed by atoms with Gasteiger partial charge in [-0.2, -0.15) is 0 Å². The van der Waals surface area contributed by atoms with E-state index in [0.717, 1.165) is 36.7 Å². The summed E-state index contributed by atoms with van der Waals surface area (Å²) in [7, 11) is 0. The zero-order chi connectivity index (χ0) is 22.1. The highest BCUT2D eigenvalue weighted by Crippen LogP contribution is 2.33. The molecule has 1 N–H and O–H groups in total. The number of hydrogen-bond acceptors (Lipinski definition) is 5. The van der Waals surface area contributed by atoms with Crippen LogP contribution in [0.15, 0.2) is 42.5 Å². The van der Waals surface area contributed by atoms with Crippen LogP contribution >= 0.6 is 0 Å². The predicted octanol–water partition coefficient (Wildman–Crippen LogP) is 2.19. The molecular weight excluding hydrogens is 415 g/mol. The fraction of sp³-hybridized carbons (Fsp3) is 0.391. The number of anilines is 1. The van der Waals surface area contributed by atoms with Crippen molar-refractivity contribution in [1.29, 1.82) is 0 Å². The minimum Gasteiger partial charge on any atom is -0.454 e. The first-order valence-corrected chi connectivity index (χ1v) is 10.8. The van der Waals surface area contributed by atoms with Crippen molar-refractivity contribution >= 4 is 17.6 Å². The Balaban J connectivity index is 1.11. The SMILES string of the molecule is O=C(N[C@@H]1CC(=O)N(c2cccc(F)c2)C1)N1CCN(Cc2ccc3c(c2)OCO3)CC1. The minimum atomic E-state index is -0.388. The molecule has 3 aliphatic heterocycles. The highest BCUT2D eigenvalue weighted by atomic mass is 19.1. The van der Waals surface area contributed by atoms with Crippen molar-refractivity contribution in [3.05, 3.63) is 53.8 Å². The Morgan fingerprint density at radius 2 is 1.88 bits per heavy atom. The summed E-state index contributed by atoms with van der Waals surface area (Å²) in [6, 6.07) is 11.5. The zero-order valence-corrected chi connectivity index (χ0v) is 17.6. The van der Waals surface area contributed by atoms with Crippen LogP contribution in [0.3, 0.4) is 0 Å². The number of carbonyl (C=O) groups is 2. The minimum absolute atomic E-state index is 0.116. The summed E-state index contributed by atoms with van der Waals surface area (Å²) in [5.41, 5.74) is 1.66. The molecule has 3 heterocycles. The van der Waals surface area contributed by atoms with Crippen molar-refractivity contribution in [2.75, 3.05) is 44.4 Å². The van der Waals surface area contributed by atoms with Crippen LogP contribution in [-0.4, -0.2) is 67.3 Å². The summed E-state index contributed by atoms with van der Waals surface area (Å²) in [5, 5.41) is 2.97. The number of piperazine rings is 1. The standard InChI is InChI=1S/C23H25FN4O4/c24-17-2-1-3-19(11-17)28-14-18(12-22(28)29)25-23(30)27-8-6-26(7-9-27)13-16-4-5-20-21(10-16)32-15-31-20/h1-5,10-11,18H,6-9,12-15H2,(H,25,30)/t18-/m1/s1. The molecule has 1 atom stereocenters. The van der Waals surface area contributed by atoms with Gasteiger partial charge in [0.1, 0.15) is 5.82 Å². The topological polar surface area (TPSA) is 74.4 Å². The van der Waals surface area contributed by atoms with Gasteiger partial charge in [0, 0.05) is 51.4 Å². The Bertz CT molecular complexity index is 1020. The number of carbonyl (C=O) groups excluding carboxylic acids is 2. The number of rotatable bonds is 4. The number of fused-ring (bicyclic) bond motifs is 1. The molecule has 0 aromatic heterocycles. The molecule has 0 unspecified atom stereocenters. The van der Waals surface area contributed by atoms with E-state index in [1.165, 1.54) is 17.0 Å². The van der Waals surface area contributed by atoms with Gasteiger partial charge < -0.3 is 24.6 Å². The van der Waals surface area contributed by atoms with Crippen LogP contribution in [0.2, 0.25) is 0 Å². The summed E-state index contributed by atoms with van der Waals surface area (Å²) >= 11 is 0. The summed E-state index contributed by atoms with van der Waals surface area (Å²) in [6.45, 7) is 4.15. The van der Waals surface area contributed by atoms with Crippen LogP contribution in [-0.2, 0) is 11.3 Å². The molecule has 0 saturated carbocycles. The van der Waals surface area contributed by atoms with Gasteiger partial charge in [0.15, 0.2) is 11.5 Å². The summed E-state index contributed by atoms with van der Waals surface area (Å²) < 4.78 is 24.3. The van der Waals surface area contributed by atoms with Crippen LogP contribution in [0.1, 0.15) is 12.0 Å². The third-order valence-corrected chi connectivity index (χ3v) is 6.08. The molecule has 2 fully saturated rings. The van der Waals surface area contributed by atoms with E-state index >= 15 is 0 Å². The first-order chi connectivity index (χ1) is 15.5. The second-order valence-electron chi connectivity index (χ2n) is 8.29. The second kappa shape index (κ2) is 8.66. The number of nitrogens with zero attached hydrogens (tertiary/aromatic N) is 3. The maximum atomic E-state index is 13.5. The maximum Gasteiger partial charge on any atom is 0.317 e. The molecule has 5 rings (SSSR count). The molecule has 0 bridgehead atoms. The number of benzene rings is 2. The molecule has 0 radical (unpaired) electrons. The quantitative estimate of drug-likeness (QED) is 0.789. The molecule has 168 valence electrons. The van der Waals surface area contributed by atoms with Crippen molar-refractivity contribution < 1.29 is 23.5 Å². The largest absolute Gasteiger partial charge is 0.454 e. The Morgan fingerprint density at radius 3 is 2.69 bits per heavy atom. The summed E-state index contributed by atoms with van der Waals surface area (Å²) in [5.74, 6) is 1.05. The van der Waals surface area contributed by atoms with E-state index in [2.05, 4.69) is 10.2 Å². The van der Waals surface area contributed by atoms with Gasteiger partial charge in [0.05, 0.1) is 6.04 Å². The van der Waals surface area contributed by atoms with Crippen LogP contribution in [0.25, 0.3) is 0 Å². The molecule has 3 aliphatic rings. The van der Waals surface area contributed by atoms with Crippen molar-refractivity contribution in [2.45, 2.75) is 19.0 Å². The zero-order valence-electron chi connectivity index (χ0n) is 17.6. The van der Waals surface area contributed by atoms with Gasteiger partial charge in [-0.15, -0.1) is 0 Å². The number of amides is 3. The summed E-state index contributed by atoms with van der Waals surface area (Å²) in [6.07, 6.45) is 0.215. The number of nitrogens with one attached hydrogen (secondary N) is 1. The monoisotopic (exact) mass is 440 g/mol. The molecule has 32 heavy (non-hydrogen) atoms. The van der Waals surface area contributed by atoms with Crippen molar-refractivity contribution in [3.8, 4) is 11.5 Å². The van der Waals surface area contributed by atoms with Crippen molar-refractivity contribution in [2.24, 2.45) is 0 Å². The van der Waals surface area contributed by atoms with Gasteiger partial charge >= 0.3 is 6.03 Å². The van der Waals surface area contributed by atoms with Crippen LogP contribution in [0.5, 0.6) is 11.5 Å². The number of halogens is 1. The lowest BCUT2D eigenvalue weighted by atomic mass is 10.1. The highest BCUT2D eigenvalue weighted by molar-refractivity contribution is 5.96. The van der Waals surface area contributed by atoms with Crippen LogP contribution in [0.4, 0.5) is 14.9 Å². The molecule has 0 aliphatic carbocycles. The smallest absolute Gasteiger partial charge is 0.317 e. The van der Waals surface area contributed by atoms with Gasteiger partial charge in [-0.1, -0.05) is 12.1 Å². The Labute approximate surface area is 185 Å². The molecule has 2 saturated heterocycles. The van der Waals surface area contributed by atoms with E-state index in [-0.39, 0.29) is 37.0 Å². The lowest BCUT2D eigenvalue weighted by molar-refractivity contribution is -0.117.